The molecule has 0 saturated carbocycles. The van der Waals surface area contributed by atoms with E-state index in [1.165, 1.54) is 6.07 Å². The molecule has 104 valence electrons. The van der Waals surface area contributed by atoms with Gasteiger partial charge in [0.2, 0.25) is 10.0 Å². The van der Waals surface area contributed by atoms with Gasteiger partial charge in [-0.2, -0.15) is 5.26 Å². The molecule has 0 aliphatic heterocycles. The first-order chi connectivity index (χ1) is 8.73. The summed E-state index contributed by atoms with van der Waals surface area (Å²) in [4.78, 5) is -0.692. The van der Waals surface area contributed by atoms with Gasteiger partial charge in [0.05, 0.1) is 13.1 Å². The molecule has 5 nitrogen and oxygen atoms in total. The van der Waals surface area contributed by atoms with Crippen molar-refractivity contribution in [2.24, 2.45) is 5.73 Å². The SMILES string of the molecule is N#Cc1c(F)cccc1S(=O)(=O)NCC(F)(F)CN. The minimum Gasteiger partial charge on any atom is -0.325 e. The monoisotopic (exact) mass is 293 g/mol. The smallest absolute Gasteiger partial charge is 0.273 e. The highest BCUT2D eigenvalue weighted by Gasteiger charge is 2.30. The highest BCUT2D eigenvalue weighted by atomic mass is 32.2. The van der Waals surface area contributed by atoms with Crippen LogP contribution in [-0.4, -0.2) is 27.4 Å². The molecule has 0 aliphatic rings. The van der Waals surface area contributed by atoms with Gasteiger partial charge >= 0.3 is 0 Å². The van der Waals surface area contributed by atoms with Crippen molar-refractivity contribution in [3.8, 4) is 6.07 Å². The number of alkyl halides is 2. The van der Waals surface area contributed by atoms with Crippen LogP contribution in [0.4, 0.5) is 13.2 Å². The Morgan fingerprint density at radius 2 is 2.05 bits per heavy atom. The minimum atomic E-state index is -4.42. The van der Waals surface area contributed by atoms with Gasteiger partial charge in [0.15, 0.2) is 0 Å². The molecule has 3 N–H and O–H groups in total. The third-order valence-electron chi connectivity index (χ3n) is 2.20. The second-order valence-corrected chi connectivity index (χ2v) is 5.34. The third kappa shape index (κ3) is 3.66. The number of hydrogen-bond donors (Lipinski definition) is 2. The molecule has 1 aromatic rings. The standard InChI is InChI=1S/C10H10F3N3O2S/c11-8-2-1-3-9(7(8)4-14)19(17,18)16-6-10(12,13)5-15/h1-3,16H,5-6,15H2. The van der Waals surface area contributed by atoms with Gasteiger partial charge in [0, 0.05) is 0 Å². The molecule has 0 aromatic heterocycles. The Labute approximate surface area is 107 Å². The van der Waals surface area contributed by atoms with Crippen LogP contribution in [0.3, 0.4) is 0 Å². The fraction of sp³-hybridized carbons (Fsp3) is 0.300. The molecule has 0 saturated heterocycles. The fourth-order valence-corrected chi connectivity index (χ4v) is 2.41. The maximum absolute atomic E-state index is 13.2. The van der Waals surface area contributed by atoms with Gasteiger partial charge in [-0.15, -0.1) is 0 Å². The summed E-state index contributed by atoms with van der Waals surface area (Å²) >= 11 is 0. The van der Waals surface area contributed by atoms with Crippen LogP contribution < -0.4 is 10.5 Å². The Bertz CT molecular complexity index is 611. The zero-order chi connectivity index (χ0) is 14.7. The van der Waals surface area contributed by atoms with Crippen molar-refractivity contribution in [3.05, 3.63) is 29.6 Å². The second kappa shape index (κ2) is 5.56. The number of nitriles is 1. The van der Waals surface area contributed by atoms with E-state index in [2.05, 4.69) is 0 Å². The molecule has 1 aromatic carbocycles. The quantitative estimate of drug-likeness (QED) is 0.829. The maximum Gasteiger partial charge on any atom is 0.273 e. The lowest BCUT2D eigenvalue weighted by atomic mass is 10.2. The van der Waals surface area contributed by atoms with Crippen LogP contribution in [0.15, 0.2) is 23.1 Å². The average Bonchev–Trinajstić information content (AvgIpc) is 2.36. The number of benzene rings is 1. The van der Waals surface area contributed by atoms with Crippen molar-refractivity contribution < 1.29 is 21.6 Å². The summed E-state index contributed by atoms with van der Waals surface area (Å²) in [5, 5.41) is 8.69. The molecule has 9 heteroatoms. The third-order valence-corrected chi connectivity index (χ3v) is 3.64. The van der Waals surface area contributed by atoms with Crippen molar-refractivity contribution in [1.82, 2.24) is 4.72 Å². The topological polar surface area (TPSA) is 96.0 Å². The molecule has 0 radical (unpaired) electrons. The van der Waals surface area contributed by atoms with Gasteiger partial charge in [0.25, 0.3) is 5.92 Å². The lowest BCUT2D eigenvalue weighted by Crippen LogP contribution is -2.41. The molecule has 19 heavy (non-hydrogen) atoms. The Morgan fingerprint density at radius 3 is 2.58 bits per heavy atom. The van der Waals surface area contributed by atoms with Crippen molar-refractivity contribution in [2.45, 2.75) is 10.8 Å². The van der Waals surface area contributed by atoms with Gasteiger partial charge in [-0.05, 0) is 12.1 Å². The Hall–Kier alpha value is -1.63. The summed E-state index contributed by atoms with van der Waals surface area (Å²) in [6.07, 6.45) is 0. The zero-order valence-electron chi connectivity index (χ0n) is 9.53. The molecule has 1 rings (SSSR count). The summed E-state index contributed by atoms with van der Waals surface area (Å²) in [5.74, 6) is -4.47. The molecule has 0 atom stereocenters. The summed E-state index contributed by atoms with van der Waals surface area (Å²) in [5.41, 5.74) is 4.03. The van der Waals surface area contributed by atoms with E-state index in [4.69, 9.17) is 11.0 Å². The Kier molecular flexibility index (Phi) is 4.52. The molecule has 0 unspecified atom stereocenters. The number of sulfonamides is 1. The summed E-state index contributed by atoms with van der Waals surface area (Å²) in [6.45, 7) is -2.27. The van der Waals surface area contributed by atoms with Crippen molar-refractivity contribution in [1.29, 1.82) is 5.26 Å². The zero-order valence-corrected chi connectivity index (χ0v) is 10.3. The van der Waals surface area contributed by atoms with Gasteiger partial charge in [-0.1, -0.05) is 6.07 Å². The minimum absolute atomic E-state index is 0.692. The predicted octanol–water partition coefficient (Wildman–Crippen LogP) is 0.570. The van der Waals surface area contributed by atoms with Crippen molar-refractivity contribution in [2.75, 3.05) is 13.1 Å². The van der Waals surface area contributed by atoms with Crippen molar-refractivity contribution in [3.63, 3.8) is 0 Å². The van der Waals surface area contributed by atoms with Gasteiger partial charge in [-0.3, -0.25) is 0 Å². The Morgan fingerprint density at radius 1 is 1.42 bits per heavy atom. The number of halogens is 3. The summed E-state index contributed by atoms with van der Waals surface area (Å²) in [6, 6.07) is 4.28. The predicted molar refractivity (Wildman–Crippen MR) is 60.3 cm³/mol. The van der Waals surface area contributed by atoms with E-state index >= 15 is 0 Å². The van der Waals surface area contributed by atoms with Crippen LogP contribution in [0, 0.1) is 17.1 Å². The number of nitrogens with one attached hydrogen (secondary N) is 1. The maximum atomic E-state index is 13.2. The Balaban J connectivity index is 3.10. The molecular formula is C10H10F3N3O2S. The van der Waals surface area contributed by atoms with Crippen LogP contribution in [0.2, 0.25) is 0 Å². The van der Waals surface area contributed by atoms with E-state index in [-0.39, 0.29) is 0 Å². The molecule has 0 bridgehead atoms. The summed E-state index contributed by atoms with van der Waals surface area (Å²) < 4.78 is 64.0. The summed E-state index contributed by atoms with van der Waals surface area (Å²) in [7, 11) is -4.42. The fourth-order valence-electron chi connectivity index (χ4n) is 1.19. The van der Waals surface area contributed by atoms with E-state index in [1.54, 1.807) is 4.72 Å². The van der Waals surface area contributed by atoms with Gasteiger partial charge < -0.3 is 5.73 Å². The van der Waals surface area contributed by atoms with Gasteiger partial charge in [-0.25, -0.2) is 26.3 Å². The number of rotatable bonds is 5. The van der Waals surface area contributed by atoms with Crippen LogP contribution in [-0.2, 0) is 10.0 Å². The van der Waals surface area contributed by atoms with Crippen LogP contribution in [0.5, 0.6) is 0 Å². The van der Waals surface area contributed by atoms with E-state index in [9.17, 15) is 21.6 Å². The lowest BCUT2D eigenvalue weighted by Gasteiger charge is -2.15. The molecule has 0 fully saturated rings. The molecule has 0 spiro atoms. The molecule has 0 amide bonds. The van der Waals surface area contributed by atoms with E-state index in [0.717, 1.165) is 18.2 Å². The normalized spacial score (nSPS) is 12.2. The number of hydrogen-bond acceptors (Lipinski definition) is 4. The van der Waals surface area contributed by atoms with E-state index in [0.29, 0.717) is 0 Å². The first-order valence-electron chi connectivity index (χ1n) is 5.00. The van der Waals surface area contributed by atoms with Crippen LogP contribution in [0.25, 0.3) is 0 Å². The lowest BCUT2D eigenvalue weighted by molar-refractivity contribution is 0.0170. The molecule has 0 heterocycles. The van der Waals surface area contributed by atoms with E-state index < -0.39 is 45.3 Å². The largest absolute Gasteiger partial charge is 0.325 e. The first kappa shape index (κ1) is 15.4. The number of nitrogens with zero attached hydrogens (tertiary/aromatic N) is 1. The van der Waals surface area contributed by atoms with Crippen molar-refractivity contribution >= 4 is 10.0 Å². The van der Waals surface area contributed by atoms with Crippen LogP contribution in [0.1, 0.15) is 5.56 Å². The van der Waals surface area contributed by atoms with Crippen LogP contribution >= 0.6 is 0 Å². The molecule has 0 aliphatic carbocycles. The second-order valence-electron chi connectivity index (χ2n) is 3.61. The first-order valence-corrected chi connectivity index (χ1v) is 6.48. The average molecular weight is 293 g/mol. The van der Waals surface area contributed by atoms with Gasteiger partial charge in [0.1, 0.15) is 22.3 Å². The molecular weight excluding hydrogens is 283 g/mol. The highest BCUT2D eigenvalue weighted by molar-refractivity contribution is 7.89. The number of nitrogens with two attached hydrogens (primary N) is 1. The highest BCUT2D eigenvalue weighted by Crippen LogP contribution is 2.19. The van der Waals surface area contributed by atoms with E-state index in [1.807, 2.05) is 0 Å².